The average Bonchev–Trinajstić information content (AvgIpc) is 2.96. The van der Waals surface area contributed by atoms with Gasteiger partial charge in [-0.2, -0.15) is 0 Å². The fraction of sp³-hybridized carbons (Fsp3) is 0.200. The maximum Gasteiger partial charge on any atom is 0.221 e. The number of benzene rings is 1. The molecule has 0 fully saturated rings. The van der Waals surface area contributed by atoms with Crippen LogP contribution in [0.1, 0.15) is 16.8 Å². The largest absolute Gasteiger partial charge is 0.472 e. The van der Waals surface area contributed by atoms with E-state index in [0.29, 0.717) is 12.5 Å². The van der Waals surface area contributed by atoms with Gasteiger partial charge in [0.15, 0.2) is 5.58 Å². The Labute approximate surface area is 130 Å². The van der Waals surface area contributed by atoms with E-state index in [1.807, 2.05) is 37.3 Å². The van der Waals surface area contributed by atoms with E-state index in [-0.39, 0.29) is 0 Å². The zero-order valence-electron chi connectivity index (χ0n) is 11.0. The van der Waals surface area contributed by atoms with Crippen LogP contribution in [0.3, 0.4) is 0 Å². The van der Waals surface area contributed by atoms with Gasteiger partial charge in [-0.15, -0.1) is 0 Å². The molecular formula is C15H13IN2O2. The predicted molar refractivity (Wildman–Crippen MR) is 85.0 cm³/mol. The molecule has 0 aliphatic carbocycles. The van der Waals surface area contributed by atoms with Crippen molar-refractivity contribution in [1.82, 2.24) is 10.1 Å². The van der Waals surface area contributed by atoms with Crippen molar-refractivity contribution in [3.8, 4) is 5.88 Å². The molecular weight excluding hydrogens is 367 g/mol. The molecule has 0 radical (unpaired) electrons. The molecule has 3 aromatic rings. The zero-order valence-corrected chi connectivity index (χ0v) is 13.1. The van der Waals surface area contributed by atoms with E-state index in [1.165, 1.54) is 0 Å². The van der Waals surface area contributed by atoms with Crippen molar-refractivity contribution < 1.29 is 9.26 Å². The van der Waals surface area contributed by atoms with Crippen LogP contribution >= 0.6 is 22.6 Å². The summed E-state index contributed by atoms with van der Waals surface area (Å²) in [5.41, 5.74) is 3.72. The summed E-state index contributed by atoms with van der Waals surface area (Å²) in [6.45, 7) is 2.43. The van der Waals surface area contributed by atoms with Gasteiger partial charge in [-0.1, -0.05) is 58.1 Å². The van der Waals surface area contributed by atoms with Crippen molar-refractivity contribution in [2.75, 3.05) is 0 Å². The number of pyridine rings is 1. The molecule has 20 heavy (non-hydrogen) atoms. The van der Waals surface area contributed by atoms with Crippen LogP contribution in [-0.2, 0) is 11.0 Å². The quantitative estimate of drug-likeness (QED) is 0.506. The molecule has 102 valence electrons. The van der Waals surface area contributed by atoms with Crippen LogP contribution in [0, 0.1) is 6.92 Å². The normalized spacial score (nSPS) is 10.9. The number of halogens is 1. The molecule has 0 unspecified atom stereocenters. The first-order valence-corrected chi connectivity index (χ1v) is 7.78. The molecule has 1 aromatic carbocycles. The molecule has 0 spiro atoms. The average molecular weight is 380 g/mol. The van der Waals surface area contributed by atoms with Crippen molar-refractivity contribution in [2.24, 2.45) is 0 Å². The van der Waals surface area contributed by atoms with Crippen LogP contribution in [-0.4, -0.2) is 10.1 Å². The summed E-state index contributed by atoms with van der Waals surface area (Å²) in [4.78, 5) is 4.53. The lowest BCUT2D eigenvalue weighted by Gasteiger charge is -2.10. The number of aryl methyl sites for hydroxylation is 1. The maximum atomic E-state index is 5.87. The highest BCUT2D eigenvalue weighted by Crippen LogP contribution is 2.30. The van der Waals surface area contributed by atoms with Gasteiger partial charge in [0.05, 0.1) is 22.8 Å². The highest BCUT2D eigenvalue weighted by atomic mass is 127. The summed E-state index contributed by atoms with van der Waals surface area (Å²) in [5.74, 6) is 0.630. The van der Waals surface area contributed by atoms with Crippen LogP contribution in [0.15, 0.2) is 41.1 Å². The van der Waals surface area contributed by atoms with Gasteiger partial charge in [0.2, 0.25) is 5.88 Å². The molecule has 0 atom stereocenters. The Morgan fingerprint density at radius 3 is 2.80 bits per heavy atom. The molecule has 0 aliphatic heterocycles. The molecule has 3 rings (SSSR count). The maximum absolute atomic E-state index is 5.87. The third kappa shape index (κ3) is 2.49. The summed E-state index contributed by atoms with van der Waals surface area (Å²) < 4.78 is 12.0. The van der Waals surface area contributed by atoms with Gasteiger partial charge in [0.25, 0.3) is 0 Å². The second-order valence-electron chi connectivity index (χ2n) is 4.46. The molecule has 0 bridgehead atoms. The van der Waals surface area contributed by atoms with Gasteiger partial charge >= 0.3 is 0 Å². The minimum atomic E-state index is 0.497. The molecule has 5 heteroatoms. The lowest BCUT2D eigenvalue weighted by atomic mass is 10.2. The van der Waals surface area contributed by atoms with Crippen molar-refractivity contribution >= 4 is 33.6 Å². The van der Waals surface area contributed by atoms with E-state index in [2.05, 4.69) is 32.7 Å². The lowest BCUT2D eigenvalue weighted by molar-refractivity contribution is 0.291. The SMILES string of the molecule is Cc1nc(OCc2ccccc2)c(CI)c2oncc12. The van der Waals surface area contributed by atoms with E-state index in [9.17, 15) is 0 Å². The Morgan fingerprint density at radius 1 is 1.25 bits per heavy atom. The first kappa shape index (κ1) is 13.4. The number of rotatable bonds is 4. The van der Waals surface area contributed by atoms with E-state index in [0.717, 1.165) is 32.2 Å². The van der Waals surface area contributed by atoms with Crippen molar-refractivity contribution in [1.29, 1.82) is 0 Å². The first-order valence-electron chi connectivity index (χ1n) is 6.26. The highest BCUT2D eigenvalue weighted by molar-refractivity contribution is 14.1. The van der Waals surface area contributed by atoms with Crippen LogP contribution in [0.25, 0.3) is 11.0 Å². The third-order valence-electron chi connectivity index (χ3n) is 3.11. The lowest BCUT2D eigenvalue weighted by Crippen LogP contribution is -2.01. The number of alkyl halides is 1. The van der Waals surface area contributed by atoms with E-state index in [4.69, 9.17) is 9.26 Å². The molecule has 0 amide bonds. The van der Waals surface area contributed by atoms with Crippen LogP contribution < -0.4 is 4.74 Å². The summed E-state index contributed by atoms with van der Waals surface area (Å²) in [6.07, 6.45) is 1.70. The number of hydrogen-bond acceptors (Lipinski definition) is 4. The number of aromatic nitrogens is 2. The standard InChI is InChI=1S/C15H13IN2O2/c1-10-13-8-17-20-14(13)12(7-16)15(18-10)19-9-11-5-3-2-4-6-11/h2-6,8H,7,9H2,1H3. The van der Waals surface area contributed by atoms with E-state index in [1.54, 1.807) is 6.20 Å². The summed E-state index contributed by atoms with van der Waals surface area (Å²) in [7, 11) is 0. The van der Waals surface area contributed by atoms with Crippen LogP contribution in [0.4, 0.5) is 0 Å². The monoisotopic (exact) mass is 380 g/mol. The minimum absolute atomic E-state index is 0.497. The van der Waals surface area contributed by atoms with Gasteiger partial charge in [-0.25, -0.2) is 4.98 Å². The Hall–Kier alpha value is -1.63. The second kappa shape index (κ2) is 5.78. The summed E-state index contributed by atoms with van der Waals surface area (Å²) >= 11 is 2.28. The topological polar surface area (TPSA) is 48.2 Å². The molecule has 0 N–H and O–H groups in total. The predicted octanol–water partition coefficient (Wildman–Crippen LogP) is 4.05. The Kier molecular flexibility index (Phi) is 3.86. The number of ether oxygens (including phenoxy) is 1. The second-order valence-corrected chi connectivity index (χ2v) is 5.22. The van der Waals surface area contributed by atoms with Gasteiger partial charge in [0, 0.05) is 4.43 Å². The smallest absolute Gasteiger partial charge is 0.221 e. The van der Waals surface area contributed by atoms with Gasteiger partial charge in [-0.05, 0) is 12.5 Å². The number of fused-ring (bicyclic) bond motifs is 1. The molecule has 0 saturated carbocycles. The molecule has 0 aliphatic rings. The fourth-order valence-corrected chi connectivity index (χ4v) is 2.73. The number of hydrogen-bond donors (Lipinski definition) is 0. The first-order chi connectivity index (χ1) is 9.79. The van der Waals surface area contributed by atoms with Gasteiger partial charge in [0.1, 0.15) is 6.61 Å². The van der Waals surface area contributed by atoms with E-state index < -0.39 is 0 Å². The van der Waals surface area contributed by atoms with Crippen molar-refractivity contribution in [3.63, 3.8) is 0 Å². The van der Waals surface area contributed by atoms with Gasteiger partial charge < -0.3 is 9.26 Å². The Bertz CT molecular complexity index is 725. The summed E-state index contributed by atoms with van der Waals surface area (Å²) in [5, 5.41) is 4.80. The van der Waals surface area contributed by atoms with Crippen molar-refractivity contribution in [2.45, 2.75) is 18.0 Å². The molecule has 2 aromatic heterocycles. The summed E-state index contributed by atoms with van der Waals surface area (Å²) in [6, 6.07) is 10.0. The van der Waals surface area contributed by atoms with E-state index >= 15 is 0 Å². The molecule has 4 nitrogen and oxygen atoms in total. The number of nitrogens with zero attached hydrogens (tertiary/aromatic N) is 2. The van der Waals surface area contributed by atoms with Crippen LogP contribution in [0.5, 0.6) is 5.88 Å². The molecule has 2 heterocycles. The molecule has 0 saturated heterocycles. The zero-order chi connectivity index (χ0) is 13.9. The Balaban J connectivity index is 1.94. The van der Waals surface area contributed by atoms with Crippen LogP contribution in [0.2, 0.25) is 0 Å². The van der Waals surface area contributed by atoms with Gasteiger partial charge in [-0.3, -0.25) is 0 Å². The minimum Gasteiger partial charge on any atom is -0.472 e. The van der Waals surface area contributed by atoms with Crippen molar-refractivity contribution in [3.05, 3.63) is 53.3 Å². The highest BCUT2D eigenvalue weighted by Gasteiger charge is 2.16. The fourth-order valence-electron chi connectivity index (χ4n) is 2.06. The third-order valence-corrected chi connectivity index (χ3v) is 3.88. The Morgan fingerprint density at radius 2 is 2.05 bits per heavy atom.